The number of thiazole rings is 1. The summed E-state index contributed by atoms with van der Waals surface area (Å²) in [5, 5.41) is 8.70. The number of nitrogens with zero attached hydrogens (tertiary/aromatic N) is 4. The fourth-order valence-electron chi connectivity index (χ4n) is 2.01. The largest absolute Gasteiger partial charge is 0.347 e. The zero-order chi connectivity index (χ0) is 14.5. The number of hydrogen-bond donors (Lipinski definition) is 1. The Balaban J connectivity index is 1.99. The molecule has 0 aliphatic heterocycles. The normalized spacial score (nSPS) is 11.0. The van der Waals surface area contributed by atoms with Crippen molar-refractivity contribution >= 4 is 16.5 Å². The second-order valence-corrected chi connectivity index (χ2v) is 6.12. The van der Waals surface area contributed by atoms with Crippen LogP contribution in [0.2, 0.25) is 0 Å². The summed E-state index contributed by atoms with van der Waals surface area (Å²) in [6.07, 6.45) is 5.10. The molecule has 2 aromatic rings. The average Bonchev–Trinajstić information content (AvgIpc) is 2.97. The molecule has 0 bridgehead atoms. The van der Waals surface area contributed by atoms with E-state index in [0.717, 1.165) is 36.9 Å². The average molecular weight is 293 g/mol. The van der Waals surface area contributed by atoms with Gasteiger partial charge in [0.25, 0.3) is 0 Å². The predicted molar refractivity (Wildman–Crippen MR) is 84.2 cm³/mol. The number of aromatic nitrogens is 3. The Morgan fingerprint density at radius 2 is 2.25 bits per heavy atom. The minimum Gasteiger partial charge on any atom is -0.347 e. The summed E-state index contributed by atoms with van der Waals surface area (Å²) in [6.45, 7) is 7.07. The van der Waals surface area contributed by atoms with Crippen LogP contribution in [-0.4, -0.2) is 28.4 Å². The lowest BCUT2D eigenvalue weighted by Gasteiger charge is -2.14. The Bertz CT molecular complexity index is 546. The summed E-state index contributed by atoms with van der Waals surface area (Å²) in [7, 11) is 4.02. The highest BCUT2D eigenvalue weighted by molar-refractivity contribution is 7.15. The second-order valence-electron chi connectivity index (χ2n) is 5.06. The SMILES string of the molecule is CCCNCc1sc(N(C)Cc2cnn(C)c2)nc1C. The van der Waals surface area contributed by atoms with Gasteiger partial charge < -0.3 is 10.2 Å². The summed E-state index contributed by atoms with van der Waals surface area (Å²) < 4.78 is 1.83. The van der Waals surface area contributed by atoms with Gasteiger partial charge in [0, 0.05) is 43.8 Å². The van der Waals surface area contributed by atoms with Crippen LogP contribution in [-0.2, 0) is 20.1 Å². The molecule has 0 spiro atoms. The van der Waals surface area contributed by atoms with E-state index in [2.05, 4.69) is 41.2 Å². The Morgan fingerprint density at radius 3 is 2.90 bits per heavy atom. The molecule has 0 saturated heterocycles. The summed E-state index contributed by atoms with van der Waals surface area (Å²) in [5.74, 6) is 0. The van der Waals surface area contributed by atoms with Crippen LogP contribution >= 0.6 is 11.3 Å². The summed E-state index contributed by atoms with van der Waals surface area (Å²) in [5.41, 5.74) is 2.33. The van der Waals surface area contributed by atoms with Gasteiger partial charge in [-0.15, -0.1) is 11.3 Å². The van der Waals surface area contributed by atoms with Gasteiger partial charge in [0.1, 0.15) is 0 Å². The van der Waals surface area contributed by atoms with Gasteiger partial charge in [-0.2, -0.15) is 5.10 Å². The highest BCUT2D eigenvalue weighted by Crippen LogP contribution is 2.26. The van der Waals surface area contributed by atoms with E-state index in [9.17, 15) is 0 Å². The minimum atomic E-state index is 0.836. The third-order valence-electron chi connectivity index (χ3n) is 3.10. The molecule has 1 N–H and O–H groups in total. The first-order chi connectivity index (χ1) is 9.60. The molecule has 0 saturated carbocycles. The molecule has 0 radical (unpaired) electrons. The molecule has 0 amide bonds. The number of rotatable bonds is 7. The molecule has 110 valence electrons. The van der Waals surface area contributed by atoms with Crippen LogP contribution in [0.1, 0.15) is 29.5 Å². The molecule has 20 heavy (non-hydrogen) atoms. The highest BCUT2D eigenvalue weighted by Gasteiger charge is 2.11. The molecule has 0 atom stereocenters. The predicted octanol–water partition coefficient (Wildman–Crippen LogP) is 2.32. The first-order valence-corrected chi connectivity index (χ1v) is 7.77. The van der Waals surface area contributed by atoms with E-state index in [4.69, 9.17) is 0 Å². The summed E-state index contributed by atoms with van der Waals surface area (Å²) in [4.78, 5) is 8.17. The Labute approximate surface area is 124 Å². The van der Waals surface area contributed by atoms with Crippen molar-refractivity contribution in [2.45, 2.75) is 33.4 Å². The van der Waals surface area contributed by atoms with Crippen LogP contribution in [0.15, 0.2) is 12.4 Å². The third-order valence-corrected chi connectivity index (χ3v) is 4.37. The van der Waals surface area contributed by atoms with Crippen LogP contribution in [0.25, 0.3) is 0 Å². The molecular weight excluding hydrogens is 270 g/mol. The lowest BCUT2D eigenvalue weighted by atomic mass is 10.3. The van der Waals surface area contributed by atoms with Gasteiger partial charge in [-0.1, -0.05) is 6.92 Å². The van der Waals surface area contributed by atoms with E-state index < -0.39 is 0 Å². The molecule has 0 aliphatic rings. The van der Waals surface area contributed by atoms with E-state index in [0.29, 0.717) is 0 Å². The van der Waals surface area contributed by atoms with Crippen molar-refractivity contribution in [3.8, 4) is 0 Å². The highest BCUT2D eigenvalue weighted by atomic mass is 32.1. The van der Waals surface area contributed by atoms with Gasteiger partial charge in [-0.3, -0.25) is 4.68 Å². The fourth-order valence-corrected chi connectivity index (χ4v) is 3.00. The maximum atomic E-state index is 4.67. The van der Waals surface area contributed by atoms with Gasteiger partial charge in [0.15, 0.2) is 5.13 Å². The van der Waals surface area contributed by atoms with Crippen molar-refractivity contribution in [2.24, 2.45) is 7.05 Å². The third kappa shape index (κ3) is 3.80. The van der Waals surface area contributed by atoms with Gasteiger partial charge in [0.2, 0.25) is 0 Å². The first-order valence-electron chi connectivity index (χ1n) is 6.95. The number of anilines is 1. The van der Waals surface area contributed by atoms with Crippen LogP contribution in [0.3, 0.4) is 0 Å². The van der Waals surface area contributed by atoms with Crippen LogP contribution in [0.4, 0.5) is 5.13 Å². The van der Waals surface area contributed by atoms with Crippen molar-refractivity contribution in [1.82, 2.24) is 20.1 Å². The topological polar surface area (TPSA) is 46.0 Å². The second kappa shape index (κ2) is 6.85. The Hall–Kier alpha value is -1.40. The number of nitrogens with one attached hydrogen (secondary N) is 1. The maximum Gasteiger partial charge on any atom is 0.185 e. The molecule has 0 aromatic carbocycles. The van der Waals surface area contributed by atoms with Crippen molar-refractivity contribution in [2.75, 3.05) is 18.5 Å². The summed E-state index contributed by atoms with van der Waals surface area (Å²) >= 11 is 1.77. The molecule has 0 unspecified atom stereocenters. The molecular formula is C14H23N5S. The van der Waals surface area contributed by atoms with Crippen molar-refractivity contribution < 1.29 is 0 Å². The quantitative estimate of drug-likeness (QED) is 0.796. The van der Waals surface area contributed by atoms with E-state index in [1.807, 2.05) is 24.1 Å². The molecule has 2 heterocycles. The van der Waals surface area contributed by atoms with E-state index in [-0.39, 0.29) is 0 Å². The van der Waals surface area contributed by atoms with Crippen molar-refractivity contribution in [3.05, 3.63) is 28.5 Å². The Morgan fingerprint density at radius 1 is 1.45 bits per heavy atom. The van der Waals surface area contributed by atoms with E-state index >= 15 is 0 Å². The molecule has 0 aliphatic carbocycles. The number of hydrogen-bond acceptors (Lipinski definition) is 5. The smallest absolute Gasteiger partial charge is 0.185 e. The van der Waals surface area contributed by atoms with Crippen LogP contribution in [0, 0.1) is 6.92 Å². The number of aryl methyl sites for hydroxylation is 2. The zero-order valence-electron chi connectivity index (χ0n) is 12.7. The Kier molecular flexibility index (Phi) is 5.14. The van der Waals surface area contributed by atoms with Crippen molar-refractivity contribution in [3.63, 3.8) is 0 Å². The van der Waals surface area contributed by atoms with Crippen LogP contribution < -0.4 is 10.2 Å². The molecule has 6 heteroatoms. The molecule has 5 nitrogen and oxygen atoms in total. The van der Waals surface area contributed by atoms with Gasteiger partial charge >= 0.3 is 0 Å². The lowest BCUT2D eigenvalue weighted by Crippen LogP contribution is -2.15. The first kappa shape index (κ1) is 15.0. The zero-order valence-corrected chi connectivity index (χ0v) is 13.5. The van der Waals surface area contributed by atoms with Gasteiger partial charge in [0.05, 0.1) is 11.9 Å². The van der Waals surface area contributed by atoms with Crippen LogP contribution in [0.5, 0.6) is 0 Å². The van der Waals surface area contributed by atoms with E-state index in [1.54, 1.807) is 11.3 Å². The lowest BCUT2D eigenvalue weighted by molar-refractivity contribution is 0.678. The van der Waals surface area contributed by atoms with Gasteiger partial charge in [-0.05, 0) is 19.9 Å². The molecule has 2 aromatic heterocycles. The molecule has 2 rings (SSSR count). The van der Waals surface area contributed by atoms with E-state index in [1.165, 1.54) is 10.4 Å². The molecule has 0 fully saturated rings. The van der Waals surface area contributed by atoms with Crippen molar-refractivity contribution in [1.29, 1.82) is 0 Å². The summed E-state index contributed by atoms with van der Waals surface area (Å²) in [6, 6.07) is 0. The fraction of sp³-hybridized carbons (Fsp3) is 0.571. The standard InChI is InChI=1S/C14H23N5S/c1-5-6-15-8-13-11(2)17-14(20-13)18(3)9-12-7-16-19(4)10-12/h7,10,15H,5-6,8-9H2,1-4H3. The maximum absolute atomic E-state index is 4.67. The minimum absolute atomic E-state index is 0.836. The monoisotopic (exact) mass is 293 g/mol. The van der Waals surface area contributed by atoms with Gasteiger partial charge in [-0.25, -0.2) is 4.98 Å².